The van der Waals surface area contributed by atoms with Gasteiger partial charge < -0.3 is 8.83 Å². The van der Waals surface area contributed by atoms with Gasteiger partial charge in [0.1, 0.15) is 22.5 Å². The molecule has 0 radical (unpaired) electrons. The third-order valence-corrected chi connectivity index (χ3v) is 10.7. The maximum absolute atomic E-state index is 9.45. The average Bonchev–Trinajstić information content (AvgIpc) is 3.84. The number of aryl methyl sites for hydroxylation is 1. The Morgan fingerprint density at radius 1 is 0.508 bits per heavy atom. The smallest absolute Gasteiger partial charge is 0.164 e. The van der Waals surface area contributed by atoms with Crippen LogP contribution in [0.1, 0.15) is 16.9 Å². The normalized spacial score (nSPS) is 11.4. The summed E-state index contributed by atoms with van der Waals surface area (Å²) in [4.78, 5) is 15.1. The van der Waals surface area contributed by atoms with Crippen molar-refractivity contribution >= 4 is 39.0 Å². The number of aromatic nitrogens is 3. The van der Waals surface area contributed by atoms with Crippen LogP contribution >= 0.6 is 0 Å². The molecule has 0 N–H and O–H groups in total. The summed E-state index contributed by atoms with van der Waals surface area (Å²) >= 11 is 0. The first-order valence-corrected chi connectivity index (χ1v) is 19.2. The molecule has 3 aromatic heterocycles. The number of hydrogen-bond acceptors (Lipinski definition) is 6. The predicted octanol–water partition coefficient (Wildman–Crippen LogP) is 13.3. The van der Waals surface area contributed by atoms with E-state index in [9.17, 15) is 5.26 Å². The van der Waals surface area contributed by atoms with Crippen LogP contribution in [0.15, 0.2) is 173 Å². The summed E-state index contributed by atoms with van der Waals surface area (Å²) in [5.74, 6) is 4.85. The van der Waals surface area contributed by atoms with Gasteiger partial charge in [-0.2, -0.15) is 5.26 Å². The second kappa shape index (κ2) is 14.6. The lowest BCUT2D eigenvalue weighted by Crippen LogP contribution is -2.00. The fourth-order valence-electron chi connectivity index (χ4n) is 7.74. The van der Waals surface area contributed by atoms with Crippen LogP contribution in [0.4, 0.5) is 0 Å². The third-order valence-electron chi connectivity index (χ3n) is 10.7. The van der Waals surface area contributed by atoms with Gasteiger partial charge in [-0.1, -0.05) is 121 Å². The molecule has 7 aromatic carbocycles. The minimum absolute atomic E-state index is 0.499. The van der Waals surface area contributed by atoms with E-state index in [-0.39, 0.29) is 0 Å². The molecule has 10 rings (SSSR count). The molecule has 0 atom stereocenters. The molecule has 6 heteroatoms. The zero-order valence-corrected chi connectivity index (χ0v) is 31.8. The maximum Gasteiger partial charge on any atom is 0.164 e. The van der Waals surface area contributed by atoms with Gasteiger partial charge in [-0.05, 0) is 94.9 Å². The molecule has 0 fully saturated rings. The van der Waals surface area contributed by atoms with Gasteiger partial charge in [0.2, 0.25) is 0 Å². The molecular weight excluding hydrogens is 725 g/mol. The monoisotopic (exact) mass is 756 g/mol. The summed E-state index contributed by atoms with van der Waals surface area (Å²) in [6, 6.07) is 55.2. The highest BCUT2D eigenvalue weighted by atomic mass is 16.3. The Kier molecular flexibility index (Phi) is 8.71. The first kappa shape index (κ1) is 35.1. The number of rotatable bonds is 7. The molecule has 3 heterocycles. The number of benzene rings is 7. The molecule has 0 saturated heterocycles. The van der Waals surface area contributed by atoms with Crippen LogP contribution in [0.3, 0.4) is 0 Å². The van der Waals surface area contributed by atoms with Crippen LogP contribution in [0, 0.1) is 30.6 Å². The van der Waals surface area contributed by atoms with E-state index in [1.165, 1.54) is 11.1 Å². The summed E-state index contributed by atoms with van der Waals surface area (Å²) in [5.41, 5.74) is 12.7. The van der Waals surface area contributed by atoms with Crippen molar-refractivity contribution in [2.45, 2.75) is 6.92 Å². The number of hydrogen-bond donors (Lipinski definition) is 0. The Morgan fingerprint density at radius 2 is 1.07 bits per heavy atom. The van der Waals surface area contributed by atoms with Crippen LogP contribution in [0.25, 0.3) is 107 Å². The summed E-state index contributed by atoms with van der Waals surface area (Å²) in [7, 11) is 0. The van der Waals surface area contributed by atoms with Crippen LogP contribution in [0.5, 0.6) is 0 Å². The van der Waals surface area contributed by atoms with Crippen LogP contribution in [0.2, 0.25) is 0 Å². The van der Waals surface area contributed by atoms with Crippen molar-refractivity contribution in [2.24, 2.45) is 0 Å². The van der Waals surface area contributed by atoms with E-state index in [1.54, 1.807) is 12.1 Å². The molecule has 0 bridgehead atoms. The maximum atomic E-state index is 9.45. The lowest BCUT2D eigenvalue weighted by Gasteiger charge is -2.09. The highest BCUT2D eigenvalue weighted by Gasteiger charge is 2.18. The van der Waals surface area contributed by atoms with Gasteiger partial charge in [0.15, 0.2) is 17.5 Å². The first-order chi connectivity index (χ1) is 29.0. The van der Waals surface area contributed by atoms with E-state index in [0.717, 1.165) is 77.6 Å². The number of fused-ring (bicyclic) bond motifs is 4. The lowest BCUT2D eigenvalue weighted by atomic mass is 9.96. The van der Waals surface area contributed by atoms with Crippen molar-refractivity contribution in [3.05, 3.63) is 181 Å². The topological polar surface area (TPSA) is 88.7 Å². The predicted molar refractivity (Wildman–Crippen MR) is 237 cm³/mol. The van der Waals surface area contributed by atoms with Crippen molar-refractivity contribution in [2.75, 3.05) is 0 Å². The summed E-state index contributed by atoms with van der Waals surface area (Å²) in [5, 5.41) is 12.5. The van der Waals surface area contributed by atoms with Gasteiger partial charge in [0, 0.05) is 38.4 Å². The van der Waals surface area contributed by atoms with Crippen molar-refractivity contribution in [3.63, 3.8) is 0 Å². The molecule has 0 aliphatic heterocycles. The summed E-state index contributed by atoms with van der Waals surface area (Å²) < 4.78 is 12.7. The Bertz CT molecular complexity index is 3340. The fraction of sp³-hybridized carbons (Fsp3) is 0.0189. The summed E-state index contributed by atoms with van der Waals surface area (Å²) in [6.07, 6.45) is 9.07. The van der Waals surface area contributed by atoms with Gasteiger partial charge in [0.05, 0.1) is 11.6 Å². The standard InChI is InChI=1S/C53H32N4O2/c1-3-4-14-43-33(2)58-48-30-41(25-27-45(43)48)52-55-51(39-23-19-37(20-24-39)40-13-8-10-34(29-40)32-54)56-53(57-52)42-26-28-46-49(31-42)59-47-16-9-15-44(50(46)47)38-21-17-36(18-22-38)35-11-6-5-7-12-35/h1,4-31H,2H3/b14-4-. The number of nitrogens with zero attached hydrogens (tertiary/aromatic N) is 4. The van der Waals surface area contributed by atoms with Crippen LogP contribution in [-0.2, 0) is 0 Å². The van der Waals surface area contributed by atoms with Crippen molar-refractivity contribution < 1.29 is 8.83 Å². The molecule has 276 valence electrons. The van der Waals surface area contributed by atoms with Gasteiger partial charge >= 0.3 is 0 Å². The molecule has 0 aliphatic carbocycles. The van der Waals surface area contributed by atoms with E-state index < -0.39 is 0 Å². The Hall–Kier alpha value is -8.32. The molecule has 0 spiro atoms. The number of allylic oxidation sites excluding steroid dienone is 1. The molecule has 10 aromatic rings. The second-order valence-electron chi connectivity index (χ2n) is 14.3. The van der Waals surface area contributed by atoms with Crippen molar-refractivity contribution in [3.8, 4) is 86.0 Å². The van der Waals surface area contributed by atoms with Gasteiger partial charge in [-0.3, -0.25) is 0 Å². The second-order valence-corrected chi connectivity index (χ2v) is 14.3. The molecule has 59 heavy (non-hydrogen) atoms. The fourth-order valence-corrected chi connectivity index (χ4v) is 7.74. The minimum Gasteiger partial charge on any atom is -0.461 e. The number of terminal acetylenes is 1. The zero-order valence-electron chi connectivity index (χ0n) is 31.8. The molecule has 0 aliphatic rings. The molecular formula is C53H32N4O2. The highest BCUT2D eigenvalue weighted by Crippen LogP contribution is 2.39. The van der Waals surface area contributed by atoms with E-state index in [2.05, 4.69) is 72.7 Å². The number of furan rings is 2. The Labute approximate surface area is 340 Å². The van der Waals surface area contributed by atoms with Gasteiger partial charge in [-0.25, -0.2) is 15.0 Å². The van der Waals surface area contributed by atoms with Gasteiger partial charge in [0.25, 0.3) is 0 Å². The van der Waals surface area contributed by atoms with E-state index in [4.69, 9.17) is 30.2 Å². The lowest BCUT2D eigenvalue weighted by molar-refractivity contribution is 0.577. The van der Waals surface area contributed by atoms with E-state index in [1.807, 2.05) is 104 Å². The van der Waals surface area contributed by atoms with E-state index >= 15 is 0 Å². The average molecular weight is 757 g/mol. The molecule has 0 saturated carbocycles. The highest BCUT2D eigenvalue weighted by molar-refractivity contribution is 6.13. The number of nitriles is 1. The van der Waals surface area contributed by atoms with Crippen LogP contribution in [-0.4, -0.2) is 15.0 Å². The molecule has 0 unspecified atom stereocenters. The third kappa shape index (κ3) is 6.51. The molecule has 6 nitrogen and oxygen atoms in total. The Balaban J connectivity index is 1.08. The van der Waals surface area contributed by atoms with E-state index in [0.29, 0.717) is 28.6 Å². The quantitative estimate of drug-likeness (QED) is 0.150. The molecule has 0 amide bonds. The minimum atomic E-state index is 0.499. The zero-order chi connectivity index (χ0) is 39.9. The summed E-state index contributed by atoms with van der Waals surface area (Å²) in [6.45, 7) is 1.92. The SMILES string of the molecule is C#C/C=C\c1c(C)oc2cc(-c3nc(-c4ccc(-c5cccc(C#N)c5)cc4)nc(-c4ccc5c(c4)oc4cccc(-c6ccc(-c7ccccc7)cc6)c45)n3)ccc12. The van der Waals surface area contributed by atoms with Crippen molar-refractivity contribution in [1.82, 2.24) is 15.0 Å². The first-order valence-electron chi connectivity index (χ1n) is 19.2. The van der Waals surface area contributed by atoms with Crippen LogP contribution < -0.4 is 0 Å². The Morgan fingerprint density at radius 3 is 1.76 bits per heavy atom. The van der Waals surface area contributed by atoms with Crippen molar-refractivity contribution in [1.29, 1.82) is 5.26 Å². The van der Waals surface area contributed by atoms with Gasteiger partial charge in [-0.15, -0.1) is 6.42 Å². The largest absolute Gasteiger partial charge is 0.461 e.